The van der Waals surface area contributed by atoms with Gasteiger partial charge in [-0.2, -0.15) is 0 Å². The lowest BCUT2D eigenvalue weighted by Gasteiger charge is -2.06. The van der Waals surface area contributed by atoms with Crippen LogP contribution in [0.15, 0.2) is 30.6 Å². The highest BCUT2D eigenvalue weighted by Gasteiger charge is 2.15. The fourth-order valence-corrected chi connectivity index (χ4v) is 3.22. The maximum absolute atomic E-state index is 13.9. The van der Waals surface area contributed by atoms with Crippen LogP contribution in [0.1, 0.15) is 11.8 Å². The first-order chi connectivity index (χ1) is 9.24. The van der Waals surface area contributed by atoms with Crippen molar-refractivity contribution in [1.29, 1.82) is 0 Å². The zero-order valence-corrected chi connectivity index (χ0v) is 11.5. The first kappa shape index (κ1) is 12.2. The second-order valence-corrected chi connectivity index (χ2v) is 5.22. The van der Waals surface area contributed by atoms with Crippen molar-refractivity contribution in [3.63, 3.8) is 0 Å². The number of hydrogen-bond acceptors (Lipinski definition) is 3. The van der Waals surface area contributed by atoms with Crippen molar-refractivity contribution >= 4 is 16.3 Å². The van der Waals surface area contributed by atoms with Crippen LogP contribution in [-0.4, -0.2) is 16.5 Å². The van der Waals surface area contributed by atoms with E-state index in [2.05, 4.69) is 11.9 Å². The summed E-state index contributed by atoms with van der Waals surface area (Å²) >= 11 is 1.64. The van der Waals surface area contributed by atoms with Crippen LogP contribution in [0.25, 0.3) is 16.2 Å². The monoisotopic (exact) mass is 276 g/mol. The molecule has 0 saturated heterocycles. The van der Waals surface area contributed by atoms with E-state index in [1.165, 1.54) is 18.1 Å². The third-order valence-corrected chi connectivity index (χ3v) is 4.29. The second-order valence-electron chi connectivity index (χ2n) is 4.16. The highest BCUT2D eigenvalue weighted by atomic mass is 32.1. The molecule has 3 aromatic rings. The molecular weight excluding hydrogens is 263 g/mol. The van der Waals surface area contributed by atoms with Crippen molar-refractivity contribution in [3.05, 3.63) is 41.3 Å². The Kier molecular flexibility index (Phi) is 2.98. The van der Waals surface area contributed by atoms with Crippen LogP contribution >= 0.6 is 11.3 Å². The van der Waals surface area contributed by atoms with Crippen molar-refractivity contribution in [2.75, 3.05) is 7.11 Å². The molecule has 3 rings (SSSR count). The van der Waals surface area contributed by atoms with Gasteiger partial charge in [-0.15, -0.1) is 11.3 Å². The normalized spacial score (nSPS) is 11.1. The molecule has 0 spiro atoms. The first-order valence-corrected chi connectivity index (χ1v) is 6.85. The summed E-state index contributed by atoms with van der Waals surface area (Å²) in [6.45, 7) is 2.09. The van der Waals surface area contributed by atoms with Gasteiger partial charge in [0.2, 0.25) is 0 Å². The van der Waals surface area contributed by atoms with E-state index in [9.17, 15) is 4.39 Å². The molecular formula is C14H13FN2OS. The number of fused-ring (bicyclic) bond motifs is 1. The maximum atomic E-state index is 13.9. The maximum Gasteiger partial charge on any atom is 0.194 e. The average molecular weight is 276 g/mol. The summed E-state index contributed by atoms with van der Waals surface area (Å²) in [6.07, 6.45) is 4.56. The van der Waals surface area contributed by atoms with Gasteiger partial charge in [-0.05, 0) is 24.6 Å². The molecule has 0 aliphatic heterocycles. The zero-order valence-electron chi connectivity index (χ0n) is 10.7. The fourth-order valence-electron chi connectivity index (χ4n) is 2.18. The van der Waals surface area contributed by atoms with Crippen LogP contribution in [0.2, 0.25) is 0 Å². The van der Waals surface area contributed by atoms with Crippen LogP contribution in [0, 0.1) is 5.82 Å². The first-order valence-electron chi connectivity index (χ1n) is 6.03. The molecule has 0 radical (unpaired) electrons. The number of aromatic nitrogens is 2. The third-order valence-electron chi connectivity index (χ3n) is 3.07. The number of aryl methyl sites for hydroxylation is 1. The molecule has 98 valence electrons. The van der Waals surface area contributed by atoms with Gasteiger partial charge in [0.15, 0.2) is 16.5 Å². The molecule has 0 unspecified atom stereocenters. The summed E-state index contributed by atoms with van der Waals surface area (Å²) in [6, 6.07) is 5.05. The van der Waals surface area contributed by atoms with Crippen molar-refractivity contribution in [2.24, 2.45) is 0 Å². The smallest absolute Gasteiger partial charge is 0.194 e. The van der Waals surface area contributed by atoms with E-state index in [1.54, 1.807) is 23.6 Å². The summed E-state index contributed by atoms with van der Waals surface area (Å²) < 4.78 is 20.8. The minimum absolute atomic E-state index is 0.263. The van der Waals surface area contributed by atoms with Gasteiger partial charge in [-0.3, -0.25) is 4.40 Å². The lowest BCUT2D eigenvalue weighted by molar-refractivity contribution is 0.386. The van der Waals surface area contributed by atoms with E-state index < -0.39 is 0 Å². The summed E-state index contributed by atoms with van der Waals surface area (Å²) in [5, 5.41) is 0. The predicted molar refractivity (Wildman–Crippen MR) is 74.4 cm³/mol. The molecule has 2 aromatic heterocycles. The average Bonchev–Trinajstić information content (AvgIpc) is 2.98. The third kappa shape index (κ3) is 1.90. The van der Waals surface area contributed by atoms with Gasteiger partial charge in [-0.25, -0.2) is 9.37 Å². The number of thiazole rings is 1. The number of methoxy groups -OCH3 is 1. The molecule has 0 N–H and O–H groups in total. The number of nitrogens with zero attached hydrogens (tertiary/aromatic N) is 2. The van der Waals surface area contributed by atoms with Crippen LogP contribution in [0.5, 0.6) is 5.75 Å². The molecule has 0 saturated carbocycles. The lowest BCUT2D eigenvalue weighted by Crippen LogP contribution is -1.92. The van der Waals surface area contributed by atoms with Gasteiger partial charge >= 0.3 is 0 Å². The zero-order chi connectivity index (χ0) is 13.4. The van der Waals surface area contributed by atoms with Gasteiger partial charge in [0.1, 0.15) is 0 Å². The number of benzene rings is 1. The quantitative estimate of drug-likeness (QED) is 0.728. The van der Waals surface area contributed by atoms with Crippen LogP contribution in [-0.2, 0) is 6.42 Å². The fraction of sp³-hybridized carbons (Fsp3) is 0.214. The SMILES string of the molecule is CCc1sc2nccn2c1-c1ccc(OC)c(F)c1. The Labute approximate surface area is 114 Å². The van der Waals surface area contributed by atoms with Crippen molar-refractivity contribution < 1.29 is 9.13 Å². The molecule has 0 atom stereocenters. The molecule has 3 nitrogen and oxygen atoms in total. The predicted octanol–water partition coefficient (Wildman–Crippen LogP) is 3.77. The number of imidazole rings is 1. The van der Waals surface area contributed by atoms with Crippen molar-refractivity contribution in [1.82, 2.24) is 9.38 Å². The van der Waals surface area contributed by atoms with Gasteiger partial charge < -0.3 is 4.74 Å². The molecule has 0 fully saturated rings. The van der Waals surface area contributed by atoms with E-state index in [0.29, 0.717) is 0 Å². The highest BCUT2D eigenvalue weighted by Crippen LogP contribution is 2.33. The van der Waals surface area contributed by atoms with Gasteiger partial charge in [0.05, 0.1) is 12.8 Å². The lowest BCUT2D eigenvalue weighted by atomic mass is 10.1. The van der Waals surface area contributed by atoms with Crippen LogP contribution in [0.3, 0.4) is 0 Å². The Morgan fingerprint density at radius 2 is 2.26 bits per heavy atom. The molecule has 0 amide bonds. The molecule has 2 heterocycles. The van der Waals surface area contributed by atoms with Crippen molar-refractivity contribution in [3.8, 4) is 17.0 Å². The Morgan fingerprint density at radius 1 is 1.42 bits per heavy atom. The molecule has 1 aromatic carbocycles. The Morgan fingerprint density at radius 3 is 2.95 bits per heavy atom. The number of halogens is 1. The summed E-state index contributed by atoms with van der Waals surface area (Å²) in [7, 11) is 1.47. The van der Waals surface area contributed by atoms with E-state index in [4.69, 9.17) is 4.74 Å². The van der Waals surface area contributed by atoms with Gasteiger partial charge in [0.25, 0.3) is 0 Å². The van der Waals surface area contributed by atoms with Gasteiger partial charge in [-0.1, -0.05) is 6.92 Å². The van der Waals surface area contributed by atoms with E-state index >= 15 is 0 Å². The molecule has 0 bridgehead atoms. The number of hydrogen-bond donors (Lipinski definition) is 0. The summed E-state index contributed by atoms with van der Waals surface area (Å²) in [4.78, 5) is 6.43. The van der Waals surface area contributed by atoms with Gasteiger partial charge in [0, 0.05) is 22.8 Å². The van der Waals surface area contributed by atoms with E-state index in [1.807, 2.05) is 16.7 Å². The molecule has 19 heavy (non-hydrogen) atoms. The molecule has 0 aliphatic rings. The summed E-state index contributed by atoms with van der Waals surface area (Å²) in [5.74, 6) is -0.0829. The summed E-state index contributed by atoms with van der Waals surface area (Å²) in [5.41, 5.74) is 1.86. The Hall–Kier alpha value is -1.88. The second kappa shape index (κ2) is 4.66. The Bertz CT molecular complexity index is 732. The number of rotatable bonds is 3. The largest absolute Gasteiger partial charge is 0.494 e. The topological polar surface area (TPSA) is 26.5 Å². The van der Waals surface area contributed by atoms with Crippen LogP contribution in [0.4, 0.5) is 4.39 Å². The molecule has 5 heteroatoms. The number of ether oxygens (including phenoxy) is 1. The van der Waals surface area contributed by atoms with Crippen molar-refractivity contribution in [2.45, 2.75) is 13.3 Å². The minimum Gasteiger partial charge on any atom is -0.494 e. The van der Waals surface area contributed by atoms with E-state index in [0.717, 1.165) is 22.6 Å². The highest BCUT2D eigenvalue weighted by molar-refractivity contribution is 7.17. The standard InChI is InChI=1S/C14H13FN2OS/c1-3-12-13(17-7-6-16-14(17)19-12)9-4-5-11(18-2)10(15)8-9/h4-8H,3H2,1-2H3. The minimum atomic E-state index is -0.346. The van der Waals surface area contributed by atoms with E-state index in [-0.39, 0.29) is 11.6 Å². The Balaban J connectivity index is 2.22. The molecule has 0 aliphatic carbocycles. The van der Waals surface area contributed by atoms with Crippen LogP contribution < -0.4 is 4.74 Å².